The molecule has 0 aromatic carbocycles. The lowest BCUT2D eigenvalue weighted by molar-refractivity contribution is -0.153. The Kier molecular flexibility index (Phi) is 1.69. The van der Waals surface area contributed by atoms with Crippen molar-refractivity contribution in [2.45, 2.75) is 20.0 Å². The van der Waals surface area contributed by atoms with Gasteiger partial charge in [0, 0.05) is 0 Å². The lowest BCUT2D eigenvalue weighted by atomic mass is 9.90. The quantitative estimate of drug-likeness (QED) is 0.383. The maximum absolute atomic E-state index is 11.1. The molecule has 0 saturated carbocycles. The minimum Gasteiger partial charge on any atom is -0.457 e. The van der Waals surface area contributed by atoms with Crippen molar-refractivity contribution in [2.24, 2.45) is 5.41 Å². The molecule has 0 spiro atoms. The van der Waals surface area contributed by atoms with Crippen LogP contribution < -0.4 is 0 Å². The van der Waals surface area contributed by atoms with Crippen LogP contribution in [0.2, 0.25) is 0 Å². The van der Waals surface area contributed by atoms with E-state index in [4.69, 9.17) is 10.00 Å². The number of esters is 1. The van der Waals surface area contributed by atoms with Gasteiger partial charge < -0.3 is 4.74 Å². The van der Waals surface area contributed by atoms with Gasteiger partial charge in [0.2, 0.25) is 0 Å². The summed E-state index contributed by atoms with van der Waals surface area (Å²) in [4.78, 5) is 11.1. The van der Waals surface area contributed by atoms with E-state index < -0.39 is 11.4 Å². The molecule has 0 amide bonds. The summed E-state index contributed by atoms with van der Waals surface area (Å²) in [5.74, 6) is -0.463. The van der Waals surface area contributed by atoms with Crippen molar-refractivity contribution in [3.8, 4) is 6.07 Å². The van der Waals surface area contributed by atoms with Gasteiger partial charge in [-0.3, -0.25) is 0 Å². The van der Waals surface area contributed by atoms with Gasteiger partial charge in [0.05, 0.1) is 6.07 Å². The summed E-state index contributed by atoms with van der Waals surface area (Å²) < 4.78 is 4.84. The zero-order valence-corrected chi connectivity index (χ0v) is 6.50. The van der Waals surface area contributed by atoms with Gasteiger partial charge in [0.1, 0.15) is 6.10 Å². The van der Waals surface area contributed by atoms with Crippen molar-refractivity contribution in [3.05, 3.63) is 12.2 Å². The van der Waals surface area contributed by atoms with Crippen LogP contribution >= 0.6 is 0 Å². The fourth-order valence-electron chi connectivity index (χ4n) is 0.809. The SMILES string of the molecule is CC1C=CC(C)(C#N)C(=O)O1. The summed E-state index contributed by atoms with van der Waals surface area (Å²) in [6.45, 7) is 3.29. The number of cyclic esters (lactones) is 1. The molecule has 0 radical (unpaired) electrons. The molecule has 1 rings (SSSR count). The lowest BCUT2D eigenvalue weighted by Crippen LogP contribution is -2.32. The Balaban J connectivity index is 2.95. The molecule has 3 nitrogen and oxygen atoms in total. The van der Waals surface area contributed by atoms with E-state index in [0.717, 1.165) is 0 Å². The Morgan fingerprint density at radius 1 is 1.82 bits per heavy atom. The standard InChI is InChI=1S/C8H9NO2/c1-6-3-4-8(2,5-9)7(10)11-6/h3-4,6H,1-2H3. The molecule has 2 atom stereocenters. The summed E-state index contributed by atoms with van der Waals surface area (Å²) in [6.07, 6.45) is 3.10. The monoisotopic (exact) mass is 151 g/mol. The molecule has 0 bridgehead atoms. The summed E-state index contributed by atoms with van der Waals surface area (Å²) >= 11 is 0. The number of ether oxygens (including phenoxy) is 1. The van der Waals surface area contributed by atoms with Gasteiger partial charge in [-0.1, -0.05) is 6.08 Å². The van der Waals surface area contributed by atoms with E-state index in [2.05, 4.69) is 0 Å². The van der Waals surface area contributed by atoms with E-state index in [1.807, 2.05) is 6.07 Å². The second kappa shape index (κ2) is 2.39. The minimum atomic E-state index is -1.08. The average Bonchev–Trinajstić information content (AvgIpc) is 1.98. The molecule has 1 aliphatic heterocycles. The van der Waals surface area contributed by atoms with Gasteiger partial charge in [0.15, 0.2) is 5.41 Å². The molecule has 0 aromatic rings. The lowest BCUT2D eigenvalue weighted by Gasteiger charge is -2.23. The van der Waals surface area contributed by atoms with Crippen LogP contribution in [0.5, 0.6) is 0 Å². The molecular formula is C8H9NO2. The van der Waals surface area contributed by atoms with Gasteiger partial charge in [-0.25, -0.2) is 4.79 Å². The second-order valence-electron chi connectivity index (χ2n) is 2.78. The summed E-state index contributed by atoms with van der Waals surface area (Å²) in [7, 11) is 0. The number of hydrogen-bond donors (Lipinski definition) is 0. The van der Waals surface area contributed by atoms with Crippen molar-refractivity contribution in [1.82, 2.24) is 0 Å². The van der Waals surface area contributed by atoms with Crippen LogP contribution in [0.3, 0.4) is 0 Å². The van der Waals surface area contributed by atoms with Crippen LogP contribution in [0, 0.1) is 16.7 Å². The number of carbonyl (C=O) groups excluding carboxylic acids is 1. The minimum absolute atomic E-state index is 0.205. The summed E-state index contributed by atoms with van der Waals surface area (Å²) in [6, 6.07) is 1.89. The fourth-order valence-corrected chi connectivity index (χ4v) is 0.809. The van der Waals surface area contributed by atoms with E-state index in [9.17, 15) is 4.79 Å². The molecule has 0 saturated heterocycles. The number of hydrogen-bond acceptors (Lipinski definition) is 3. The van der Waals surface area contributed by atoms with Crippen molar-refractivity contribution >= 4 is 5.97 Å². The topological polar surface area (TPSA) is 50.1 Å². The van der Waals surface area contributed by atoms with Crippen LogP contribution in [-0.4, -0.2) is 12.1 Å². The first-order chi connectivity index (χ1) is 5.08. The zero-order chi connectivity index (χ0) is 8.48. The van der Waals surface area contributed by atoms with Crippen LogP contribution in [0.25, 0.3) is 0 Å². The Hall–Kier alpha value is -1.30. The fraction of sp³-hybridized carbons (Fsp3) is 0.500. The third-order valence-corrected chi connectivity index (χ3v) is 1.65. The van der Waals surface area contributed by atoms with Crippen LogP contribution in [0.4, 0.5) is 0 Å². The van der Waals surface area contributed by atoms with E-state index in [1.165, 1.54) is 6.92 Å². The molecular weight excluding hydrogens is 142 g/mol. The first kappa shape index (κ1) is 7.80. The zero-order valence-electron chi connectivity index (χ0n) is 6.50. The van der Waals surface area contributed by atoms with Gasteiger partial charge >= 0.3 is 5.97 Å². The first-order valence-electron chi connectivity index (χ1n) is 3.40. The number of rotatable bonds is 0. The molecule has 1 heterocycles. The molecule has 0 fully saturated rings. The Labute approximate surface area is 65.3 Å². The van der Waals surface area contributed by atoms with E-state index in [1.54, 1.807) is 19.1 Å². The summed E-state index contributed by atoms with van der Waals surface area (Å²) in [5, 5.41) is 8.60. The number of carbonyl (C=O) groups is 1. The molecule has 2 unspecified atom stereocenters. The Morgan fingerprint density at radius 2 is 2.45 bits per heavy atom. The Bertz CT molecular complexity index is 251. The largest absolute Gasteiger partial charge is 0.457 e. The average molecular weight is 151 g/mol. The van der Waals surface area contributed by atoms with Gasteiger partial charge in [-0.15, -0.1) is 0 Å². The molecule has 0 aromatic heterocycles. The highest BCUT2D eigenvalue weighted by Gasteiger charge is 2.35. The van der Waals surface area contributed by atoms with Crippen molar-refractivity contribution in [2.75, 3.05) is 0 Å². The maximum Gasteiger partial charge on any atom is 0.330 e. The van der Waals surface area contributed by atoms with E-state index in [-0.39, 0.29) is 6.10 Å². The van der Waals surface area contributed by atoms with Crippen molar-refractivity contribution in [1.29, 1.82) is 5.26 Å². The van der Waals surface area contributed by atoms with Crippen LogP contribution in [0.1, 0.15) is 13.8 Å². The molecule has 1 aliphatic rings. The van der Waals surface area contributed by atoms with Gasteiger partial charge in [-0.2, -0.15) is 5.26 Å². The number of nitrogens with zero attached hydrogens (tertiary/aromatic N) is 1. The Morgan fingerprint density at radius 3 is 2.91 bits per heavy atom. The highest BCUT2D eigenvalue weighted by molar-refractivity contribution is 5.83. The second-order valence-corrected chi connectivity index (χ2v) is 2.78. The van der Waals surface area contributed by atoms with Crippen molar-refractivity contribution < 1.29 is 9.53 Å². The maximum atomic E-state index is 11.1. The predicted molar refractivity (Wildman–Crippen MR) is 38.4 cm³/mol. The van der Waals surface area contributed by atoms with Crippen LogP contribution in [0.15, 0.2) is 12.2 Å². The van der Waals surface area contributed by atoms with Gasteiger partial charge in [-0.05, 0) is 19.9 Å². The normalized spacial score (nSPS) is 36.1. The van der Waals surface area contributed by atoms with Crippen molar-refractivity contribution in [3.63, 3.8) is 0 Å². The van der Waals surface area contributed by atoms with E-state index in [0.29, 0.717) is 0 Å². The molecule has 11 heavy (non-hydrogen) atoms. The van der Waals surface area contributed by atoms with Gasteiger partial charge in [0.25, 0.3) is 0 Å². The first-order valence-corrected chi connectivity index (χ1v) is 3.40. The molecule has 0 aliphatic carbocycles. The highest BCUT2D eigenvalue weighted by atomic mass is 16.5. The third-order valence-electron chi connectivity index (χ3n) is 1.65. The smallest absolute Gasteiger partial charge is 0.330 e. The van der Waals surface area contributed by atoms with Crippen LogP contribution in [-0.2, 0) is 9.53 Å². The molecule has 58 valence electrons. The third kappa shape index (κ3) is 1.25. The predicted octanol–water partition coefficient (Wildman–Crippen LogP) is 1.02. The summed E-state index contributed by atoms with van der Waals surface area (Å²) in [5.41, 5.74) is -1.08. The number of nitriles is 1. The van der Waals surface area contributed by atoms with E-state index >= 15 is 0 Å². The molecule has 3 heteroatoms. The highest BCUT2D eigenvalue weighted by Crippen LogP contribution is 2.24. The molecule has 0 N–H and O–H groups in total.